The standard InChI is InChI=1S/C23H25FN2O4/c1-25(2)13-6-14-26-20(17-7-4-5-8-18(17)24)19(22(28)23(26)29)21(27)15-9-11-16(30-3)12-10-15/h4-5,7-12,20,27H,6,13-14H2,1-3H3/p+1. The number of nitrogens with zero attached hydrogens (tertiary/aromatic N) is 1. The van der Waals surface area contributed by atoms with Gasteiger partial charge in [-0.2, -0.15) is 0 Å². The number of halogens is 1. The topological polar surface area (TPSA) is 71.3 Å². The maximum Gasteiger partial charge on any atom is 0.295 e. The zero-order valence-corrected chi connectivity index (χ0v) is 17.3. The van der Waals surface area contributed by atoms with E-state index >= 15 is 0 Å². The molecule has 0 bridgehead atoms. The van der Waals surface area contributed by atoms with Gasteiger partial charge >= 0.3 is 0 Å². The van der Waals surface area contributed by atoms with Crippen molar-refractivity contribution >= 4 is 17.4 Å². The van der Waals surface area contributed by atoms with Crippen LogP contribution >= 0.6 is 0 Å². The van der Waals surface area contributed by atoms with Crippen LogP contribution in [0.15, 0.2) is 54.1 Å². The molecule has 1 amide bonds. The maximum atomic E-state index is 14.7. The molecule has 1 aliphatic rings. The van der Waals surface area contributed by atoms with Crippen molar-refractivity contribution in [2.75, 3.05) is 34.3 Å². The second-order valence-corrected chi connectivity index (χ2v) is 7.55. The summed E-state index contributed by atoms with van der Waals surface area (Å²) in [6.45, 7) is 1.07. The van der Waals surface area contributed by atoms with Gasteiger partial charge in [-0.1, -0.05) is 18.2 Å². The molecule has 0 radical (unpaired) electrons. The Morgan fingerprint density at radius 3 is 2.40 bits per heavy atom. The Labute approximate surface area is 175 Å². The molecule has 1 saturated heterocycles. The minimum absolute atomic E-state index is 0.104. The van der Waals surface area contributed by atoms with E-state index < -0.39 is 23.5 Å². The molecule has 0 spiro atoms. The van der Waals surface area contributed by atoms with E-state index in [-0.39, 0.29) is 23.4 Å². The quantitative estimate of drug-likeness (QED) is 0.413. The van der Waals surface area contributed by atoms with Crippen molar-refractivity contribution < 1.29 is 28.7 Å². The van der Waals surface area contributed by atoms with Gasteiger partial charge in [0.15, 0.2) is 0 Å². The van der Waals surface area contributed by atoms with Crippen molar-refractivity contribution in [1.82, 2.24) is 4.90 Å². The van der Waals surface area contributed by atoms with Crippen molar-refractivity contribution in [2.24, 2.45) is 0 Å². The summed E-state index contributed by atoms with van der Waals surface area (Å²) >= 11 is 0. The summed E-state index contributed by atoms with van der Waals surface area (Å²) < 4.78 is 19.8. The molecule has 30 heavy (non-hydrogen) atoms. The molecule has 6 nitrogen and oxygen atoms in total. The van der Waals surface area contributed by atoms with Gasteiger partial charge in [-0.15, -0.1) is 0 Å². The first-order valence-electron chi connectivity index (χ1n) is 9.81. The number of amides is 1. The van der Waals surface area contributed by atoms with Crippen molar-refractivity contribution in [2.45, 2.75) is 12.5 Å². The van der Waals surface area contributed by atoms with Crippen LogP contribution in [-0.4, -0.2) is 56.0 Å². The monoisotopic (exact) mass is 413 g/mol. The molecule has 1 atom stereocenters. The highest BCUT2D eigenvalue weighted by atomic mass is 19.1. The number of rotatable bonds is 7. The number of carbonyl (C=O) groups excluding carboxylic acids is 2. The number of methoxy groups -OCH3 is 1. The molecule has 2 N–H and O–H groups in total. The van der Waals surface area contributed by atoms with Crippen LogP contribution < -0.4 is 9.64 Å². The van der Waals surface area contributed by atoms with E-state index in [1.807, 2.05) is 14.1 Å². The van der Waals surface area contributed by atoms with Crippen molar-refractivity contribution in [3.05, 3.63) is 71.0 Å². The number of quaternary nitrogens is 1. The second-order valence-electron chi connectivity index (χ2n) is 7.55. The minimum Gasteiger partial charge on any atom is -0.507 e. The molecule has 0 aromatic heterocycles. The Kier molecular flexibility index (Phi) is 6.52. The predicted octanol–water partition coefficient (Wildman–Crippen LogP) is 1.79. The average molecular weight is 413 g/mol. The predicted molar refractivity (Wildman–Crippen MR) is 111 cm³/mol. The normalized spacial score (nSPS) is 18.3. The van der Waals surface area contributed by atoms with E-state index in [9.17, 15) is 19.1 Å². The Morgan fingerprint density at radius 1 is 1.13 bits per heavy atom. The largest absolute Gasteiger partial charge is 0.507 e. The Morgan fingerprint density at radius 2 is 1.80 bits per heavy atom. The third-order valence-corrected chi connectivity index (χ3v) is 5.18. The molecule has 7 heteroatoms. The molecular weight excluding hydrogens is 387 g/mol. The molecule has 3 rings (SSSR count). The minimum atomic E-state index is -0.981. The number of hydrogen-bond acceptors (Lipinski definition) is 4. The smallest absolute Gasteiger partial charge is 0.295 e. The van der Waals surface area contributed by atoms with Crippen molar-refractivity contribution in [3.63, 3.8) is 0 Å². The molecule has 1 fully saturated rings. The van der Waals surface area contributed by atoms with Gasteiger partial charge in [-0.3, -0.25) is 9.59 Å². The summed E-state index contributed by atoms with van der Waals surface area (Å²) in [4.78, 5) is 28.2. The van der Waals surface area contributed by atoms with Gasteiger partial charge in [0.2, 0.25) is 0 Å². The van der Waals surface area contributed by atoms with Gasteiger partial charge in [0.25, 0.3) is 11.7 Å². The number of ether oxygens (including phenoxy) is 1. The molecule has 158 valence electrons. The lowest BCUT2D eigenvalue weighted by atomic mass is 9.95. The van der Waals surface area contributed by atoms with Crippen LogP contribution in [0.4, 0.5) is 4.39 Å². The number of hydrogen-bond donors (Lipinski definition) is 2. The number of aliphatic hydroxyl groups excluding tert-OH is 1. The molecule has 1 aliphatic heterocycles. The van der Waals surface area contributed by atoms with E-state index in [4.69, 9.17) is 4.74 Å². The van der Waals surface area contributed by atoms with Crippen LogP contribution in [0.25, 0.3) is 5.76 Å². The molecular formula is C23H26FN2O4+. The van der Waals surface area contributed by atoms with Crippen molar-refractivity contribution in [3.8, 4) is 5.75 Å². The number of likely N-dealkylation sites (tertiary alicyclic amines) is 1. The van der Waals surface area contributed by atoms with E-state index in [2.05, 4.69) is 0 Å². The average Bonchev–Trinajstić information content (AvgIpc) is 2.98. The highest BCUT2D eigenvalue weighted by molar-refractivity contribution is 6.46. The van der Waals surface area contributed by atoms with Gasteiger partial charge in [0.05, 0.1) is 39.4 Å². The zero-order chi connectivity index (χ0) is 21.8. The van der Waals surface area contributed by atoms with Gasteiger partial charge in [0.1, 0.15) is 17.3 Å². The molecule has 2 aromatic rings. The highest BCUT2D eigenvalue weighted by Gasteiger charge is 2.46. The Hall–Kier alpha value is -3.19. The van der Waals surface area contributed by atoms with Gasteiger partial charge in [-0.05, 0) is 30.3 Å². The van der Waals surface area contributed by atoms with Crippen LogP contribution in [-0.2, 0) is 9.59 Å². The van der Waals surface area contributed by atoms with Gasteiger partial charge < -0.3 is 19.6 Å². The molecule has 0 saturated carbocycles. The second kappa shape index (κ2) is 9.09. The summed E-state index contributed by atoms with van der Waals surface area (Å²) in [6, 6.07) is 11.5. The van der Waals surface area contributed by atoms with Crippen LogP contribution in [0.3, 0.4) is 0 Å². The first-order valence-corrected chi connectivity index (χ1v) is 9.81. The summed E-state index contributed by atoms with van der Waals surface area (Å²) in [5.41, 5.74) is 0.435. The summed E-state index contributed by atoms with van der Waals surface area (Å²) in [7, 11) is 5.51. The fraction of sp³-hybridized carbons (Fsp3) is 0.304. The maximum absolute atomic E-state index is 14.7. The third-order valence-electron chi connectivity index (χ3n) is 5.18. The number of Topliss-reactive ketones (excluding diaryl/α,β-unsaturated/α-hetero) is 1. The first-order chi connectivity index (χ1) is 14.3. The number of nitrogens with one attached hydrogen (secondary N) is 1. The fourth-order valence-corrected chi connectivity index (χ4v) is 3.64. The lowest BCUT2D eigenvalue weighted by Crippen LogP contribution is -3.05. The number of aliphatic hydroxyl groups is 1. The van der Waals surface area contributed by atoms with E-state index in [0.29, 0.717) is 17.7 Å². The molecule has 0 aliphatic carbocycles. The number of ketones is 1. The lowest BCUT2D eigenvalue weighted by molar-refractivity contribution is -0.858. The van der Waals surface area contributed by atoms with Gasteiger partial charge in [-0.25, -0.2) is 4.39 Å². The number of carbonyl (C=O) groups is 2. The summed E-state index contributed by atoms with van der Waals surface area (Å²) in [5.74, 6) is -1.82. The van der Waals surface area contributed by atoms with Crippen LogP contribution in [0.1, 0.15) is 23.6 Å². The Balaban J connectivity index is 2.09. The molecule has 2 aromatic carbocycles. The zero-order valence-electron chi connectivity index (χ0n) is 17.3. The highest BCUT2D eigenvalue weighted by Crippen LogP contribution is 2.40. The van der Waals surface area contributed by atoms with Gasteiger partial charge in [0, 0.05) is 24.1 Å². The third kappa shape index (κ3) is 4.21. The molecule has 1 unspecified atom stereocenters. The molecule has 1 heterocycles. The summed E-state index contributed by atoms with van der Waals surface area (Å²) in [6.07, 6.45) is 0.642. The SMILES string of the molecule is COc1ccc(C(O)=C2C(=O)C(=O)N(CCC[NH+](C)C)C2c2ccccc2F)cc1. The Bertz CT molecular complexity index is 969. The van der Waals surface area contributed by atoms with E-state index in [1.165, 1.54) is 29.0 Å². The number of benzene rings is 2. The summed E-state index contributed by atoms with van der Waals surface area (Å²) in [5, 5.41) is 10.9. The first kappa shape index (κ1) is 21.5. The van der Waals surface area contributed by atoms with Crippen molar-refractivity contribution in [1.29, 1.82) is 0 Å². The fourth-order valence-electron chi connectivity index (χ4n) is 3.64. The van der Waals surface area contributed by atoms with Crippen LogP contribution in [0, 0.1) is 5.82 Å². The van der Waals surface area contributed by atoms with Crippen LogP contribution in [0.2, 0.25) is 0 Å². The van der Waals surface area contributed by atoms with E-state index in [1.54, 1.807) is 36.4 Å². The van der Waals surface area contributed by atoms with Crippen LogP contribution in [0.5, 0.6) is 5.75 Å². The lowest BCUT2D eigenvalue weighted by Gasteiger charge is -2.25. The van der Waals surface area contributed by atoms with E-state index in [0.717, 1.165) is 6.54 Å².